The monoisotopic (exact) mass is 446 g/mol. The molecule has 1 atom stereocenters. The molecule has 11 heteroatoms. The minimum Gasteiger partial charge on any atom is -0.339 e. The molecule has 0 saturated heterocycles. The second-order valence-electron chi connectivity index (χ2n) is 5.19. The Balaban J connectivity index is 2.11. The Labute approximate surface area is 175 Å². The molecule has 7 nitrogen and oxygen atoms in total. The average Bonchev–Trinajstić information content (AvgIpc) is 2.61. The van der Waals surface area contributed by atoms with Crippen LogP contribution < -0.4 is 16.0 Å². The molecule has 1 amide bonds. The molecule has 27 heavy (non-hydrogen) atoms. The summed E-state index contributed by atoms with van der Waals surface area (Å²) in [7, 11) is 0. The van der Waals surface area contributed by atoms with Gasteiger partial charge in [-0.25, -0.2) is 0 Å². The molecule has 0 aromatic heterocycles. The molecule has 2 aromatic carbocycles. The molecule has 142 valence electrons. The zero-order valence-electron chi connectivity index (χ0n) is 13.5. The van der Waals surface area contributed by atoms with Crippen LogP contribution in [0.5, 0.6) is 0 Å². The molecule has 0 radical (unpaired) electrons. The summed E-state index contributed by atoms with van der Waals surface area (Å²) in [5, 5.41) is 18.8. The van der Waals surface area contributed by atoms with Crippen molar-refractivity contribution in [1.82, 2.24) is 10.6 Å². The van der Waals surface area contributed by atoms with Crippen LogP contribution in [0.2, 0.25) is 0 Å². The number of rotatable bonds is 5. The minimum atomic E-state index is -1.95. The third kappa shape index (κ3) is 6.21. The Kier molecular flexibility index (Phi) is 7.20. The Morgan fingerprint density at radius 3 is 2.22 bits per heavy atom. The molecule has 0 bridgehead atoms. The average molecular weight is 448 g/mol. The smallest absolute Gasteiger partial charge is 0.292 e. The van der Waals surface area contributed by atoms with E-state index < -0.39 is 20.8 Å². The lowest BCUT2D eigenvalue weighted by atomic mass is 10.2. The van der Waals surface area contributed by atoms with Gasteiger partial charge < -0.3 is 16.0 Å². The van der Waals surface area contributed by atoms with Crippen molar-refractivity contribution < 1.29 is 9.72 Å². The number of benzene rings is 2. The second-order valence-corrected chi connectivity index (χ2v) is 7.96. The third-order valence-electron chi connectivity index (χ3n) is 3.26. The largest absolute Gasteiger partial charge is 0.339 e. The fourth-order valence-corrected chi connectivity index (χ4v) is 2.59. The summed E-state index contributed by atoms with van der Waals surface area (Å²) in [4.78, 5) is 22.8. The van der Waals surface area contributed by atoms with Crippen LogP contribution in [0.15, 0.2) is 54.6 Å². The van der Waals surface area contributed by atoms with E-state index in [2.05, 4.69) is 16.0 Å². The number of carbonyl (C=O) groups is 1. The van der Waals surface area contributed by atoms with E-state index in [4.69, 9.17) is 47.0 Å². The Hall–Kier alpha value is -2.13. The van der Waals surface area contributed by atoms with Gasteiger partial charge in [0.25, 0.3) is 11.6 Å². The zero-order valence-corrected chi connectivity index (χ0v) is 16.6. The Morgan fingerprint density at radius 2 is 1.63 bits per heavy atom. The number of carbonyl (C=O) groups excluding carboxylic acids is 1. The van der Waals surface area contributed by atoms with Crippen LogP contribution in [-0.2, 0) is 0 Å². The van der Waals surface area contributed by atoms with E-state index in [0.29, 0.717) is 5.56 Å². The molecule has 0 fully saturated rings. The third-order valence-corrected chi connectivity index (χ3v) is 4.14. The van der Waals surface area contributed by atoms with E-state index in [0.717, 1.165) is 0 Å². The maximum absolute atomic E-state index is 12.3. The van der Waals surface area contributed by atoms with Crippen molar-refractivity contribution in [2.75, 3.05) is 5.32 Å². The highest BCUT2D eigenvalue weighted by atomic mass is 35.6. The van der Waals surface area contributed by atoms with Crippen molar-refractivity contribution in [1.29, 1.82) is 0 Å². The van der Waals surface area contributed by atoms with Crippen molar-refractivity contribution >= 4 is 69.4 Å². The number of amides is 1. The standard InChI is InChI=1S/C16H13Cl3N4O3S/c17-16(18,19)14(21-13(24)10-6-2-1-3-7-10)22-15(27)20-11-8-4-5-9-12(11)23(25)26/h1-9,14H,(H,21,24)(H2,20,22,27)/t14-/m0/s1. The predicted octanol–water partition coefficient (Wildman–Crippen LogP) is 4.01. The normalized spacial score (nSPS) is 12.0. The van der Waals surface area contributed by atoms with Gasteiger partial charge in [-0.1, -0.05) is 65.1 Å². The van der Waals surface area contributed by atoms with E-state index in [9.17, 15) is 14.9 Å². The fraction of sp³-hybridized carbons (Fsp3) is 0.125. The van der Waals surface area contributed by atoms with E-state index in [-0.39, 0.29) is 16.5 Å². The molecular formula is C16H13Cl3N4O3S. The Bertz CT molecular complexity index is 846. The van der Waals surface area contributed by atoms with Gasteiger partial charge in [-0.05, 0) is 30.4 Å². The quantitative estimate of drug-likeness (QED) is 0.211. The molecule has 2 aromatic rings. The lowest BCUT2D eigenvalue weighted by molar-refractivity contribution is -0.383. The molecule has 0 aliphatic carbocycles. The number of nitrogens with zero attached hydrogens (tertiary/aromatic N) is 1. The van der Waals surface area contributed by atoms with Crippen LogP contribution in [0.1, 0.15) is 10.4 Å². The highest BCUT2D eigenvalue weighted by Gasteiger charge is 2.35. The van der Waals surface area contributed by atoms with Crippen molar-refractivity contribution in [3.8, 4) is 0 Å². The zero-order chi connectivity index (χ0) is 20.0. The summed E-state index contributed by atoms with van der Waals surface area (Å²) in [5.41, 5.74) is 0.328. The lowest BCUT2D eigenvalue weighted by Crippen LogP contribution is -2.56. The summed E-state index contributed by atoms with van der Waals surface area (Å²) in [6, 6.07) is 14.2. The highest BCUT2D eigenvalue weighted by molar-refractivity contribution is 7.80. The van der Waals surface area contributed by atoms with Crippen LogP contribution in [0.25, 0.3) is 0 Å². The van der Waals surface area contributed by atoms with Crippen LogP contribution >= 0.6 is 47.0 Å². The first-order valence-electron chi connectivity index (χ1n) is 7.42. The van der Waals surface area contributed by atoms with Crippen molar-refractivity contribution in [2.45, 2.75) is 9.96 Å². The van der Waals surface area contributed by atoms with E-state index >= 15 is 0 Å². The fourth-order valence-electron chi connectivity index (χ4n) is 2.03. The van der Waals surface area contributed by atoms with Gasteiger partial charge in [-0.15, -0.1) is 0 Å². The van der Waals surface area contributed by atoms with Gasteiger partial charge in [0.15, 0.2) is 5.11 Å². The number of hydrogen-bond acceptors (Lipinski definition) is 4. The Morgan fingerprint density at radius 1 is 1.04 bits per heavy atom. The van der Waals surface area contributed by atoms with E-state index in [1.807, 2.05) is 0 Å². The SMILES string of the molecule is O=C(N[C@@H](NC(=S)Nc1ccccc1[N+](=O)[O-])C(Cl)(Cl)Cl)c1ccccc1. The van der Waals surface area contributed by atoms with Crippen molar-refractivity contribution in [2.24, 2.45) is 0 Å². The van der Waals surface area contributed by atoms with Gasteiger partial charge in [-0.3, -0.25) is 14.9 Å². The minimum absolute atomic E-state index is 0.0750. The summed E-state index contributed by atoms with van der Waals surface area (Å²) in [6.45, 7) is 0. The van der Waals surface area contributed by atoms with Gasteiger partial charge >= 0.3 is 0 Å². The molecular weight excluding hydrogens is 435 g/mol. The molecule has 0 saturated carbocycles. The van der Waals surface area contributed by atoms with Crippen molar-refractivity contribution in [3.63, 3.8) is 0 Å². The number of alkyl halides is 3. The molecule has 2 rings (SSSR count). The molecule has 0 heterocycles. The number of nitrogens with one attached hydrogen (secondary N) is 3. The van der Waals surface area contributed by atoms with Crippen LogP contribution in [0.3, 0.4) is 0 Å². The first kappa shape index (κ1) is 21.2. The van der Waals surface area contributed by atoms with Crippen molar-refractivity contribution in [3.05, 3.63) is 70.3 Å². The molecule has 0 aliphatic rings. The van der Waals surface area contributed by atoms with Crippen LogP contribution in [0.4, 0.5) is 11.4 Å². The first-order valence-corrected chi connectivity index (χ1v) is 8.96. The molecule has 0 aliphatic heterocycles. The highest BCUT2D eigenvalue weighted by Crippen LogP contribution is 2.29. The second kappa shape index (κ2) is 9.18. The predicted molar refractivity (Wildman–Crippen MR) is 110 cm³/mol. The number of nitro groups is 1. The number of halogens is 3. The van der Waals surface area contributed by atoms with Gasteiger partial charge in [0.1, 0.15) is 11.9 Å². The lowest BCUT2D eigenvalue weighted by Gasteiger charge is -2.27. The number of anilines is 1. The number of nitro benzene ring substituents is 1. The molecule has 3 N–H and O–H groups in total. The summed E-state index contributed by atoms with van der Waals surface area (Å²) in [5.74, 6) is -0.493. The topological polar surface area (TPSA) is 96.3 Å². The first-order chi connectivity index (χ1) is 12.7. The number of hydrogen-bond donors (Lipinski definition) is 3. The number of para-hydroxylation sites is 2. The summed E-state index contributed by atoms with van der Waals surface area (Å²) < 4.78 is -1.95. The molecule has 0 unspecified atom stereocenters. The maximum atomic E-state index is 12.3. The summed E-state index contributed by atoms with van der Waals surface area (Å²) >= 11 is 22.9. The van der Waals surface area contributed by atoms with Crippen LogP contribution in [-0.4, -0.2) is 25.9 Å². The van der Waals surface area contributed by atoms with E-state index in [1.54, 1.807) is 36.4 Å². The van der Waals surface area contributed by atoms with Gasteiger partial charge in [0.05, 0.1) is 4.92 Å². The maximum Gasteiger partial charge on any atom is 0.292 e. The summed E-state index contributed by atoms with van der Waals surface area (Å²) in [6.07, 6.45) is -1.20. The van der Waals surface area contributed by atoms with E-state index in [1.165, 1.54) is 18.2 Å². The number of thiocarbonyl (C=S) groups is 1. The van der Waals surface area contributed by atoms with Gasteiger partial charge in [-0.2, -0.15) is 0 Å². The van der Waals surface area contributed by atoms with Gasteiger partial charge in [0, 0.05) is 11.6 Å². The van der Waals surface area contributed by atoms with Gasteiger partial charge in [0.2, 0.25) is 3.79 Å². The van der Waals surface area contributed by atoms with Crippen LogP contribution in [0, 0.1) is 10.1 Å². The molecule has 0 spiro atoms.